The summed E-state index contributed by atoms with van der Waals surface area (Å²) in [4.78, 5) is 31.3. The lowest BCUT2D eigenvalue weighted by molar-refractivity contribution is -0.200. The number of aromatic nitrogens is 3. The van der Waals surface area contributed by atoms with Crippen LogP contribution in [0.2, 0.25) is 0 Å². The summed E-state index contributed by atoms with van der Waals surface area (Å²) >= 11 is 1.10. The Morgan fingerprint density at radius 1 is 1.27 bits per heavy atom. The molecule has 2 N–H and O–H groups in total. The molecule has 0 saturated heterocycles. The monoisotopic (exact) mass is 630 g/mol. The van der Waals surface area contributed by atoms with Gasteiger partial charge in [-0.05, 0) is 98.1 Å². The molecule has 0 amide bonds. The SMILES string of the molecule is Cc1ncsc1C(=O)O[C@]1(C(=O)O)C(CC#N)C[C@H]2[C@@H]3CCC4=Cc5c(cnn5-c5ccc(F)cc5)C[C@]4(C)[C@H]3[C@@H](O)C[C@@]21C. The van der Waals surface area contributed by atoms with Crippen molar-refractivity contribution < 1.29 is 28.9 Å². The van der Waals surface area contributed by atoms with Crippen LogP contribution in [0.4, 0.5) is 4.39 Å². The molecule has 0 spiro atoms. The van der Waals surface area contributed by atoms with E-state index in [1.54, 1.807) is 19.1 Å². The molecular weight excluding hydrogens is 595 g/mol. The number of allylic oxidation sites excluding steroid dienone is 1. The number of halogens is 1. The molecule has 2 aromatic heterocycles. The molecule has 9 nitrogen and oxygen atoms in total. The first-order valence-corrected chi connectivity index (χ1v) is 16.3. The number of carbonyl (C=O) groups is 2. The molecule has 3 saturated carbocycles. The van der Waals surface area contributed by atoms with Crippen molar-refractivity contribution >= 4 is 29.4 Å². The number of carboxylic acids is 1. The molecule has 234 valence electrons. The first kappa shape index (κ1) is 29.8. The molecule has 4 aliphatic rings. The van der Waals surface area contributed by atoms with Crippen molar-refractivity contribution in [3.63, 3.8) is 0 Å². The second-order valence-corrected chi connectivity index (χ2v) is 14.6. The van der Waals surface area contributed by atoms with E-state index >= 15 is 0 Å². The Morgan fingerprint density at radius 3 is 2.69 bits per heavy atom. The number of nitrogens with zero attached hydrogens (tertiary/aromatic N) is 4. The first-order chi connectivity index (χ1) is 21.4. The van der Waals surface area contributed by atoms with Crippen LogP contribution < -0.4 is 0 Å². The van der Waals surface area contributed by atoms with Crippen molar-refractivity contribution in [3.05, 3.63) is 69.2 Å². The van der Waals surface area contributed by atoms with Crippen LogP contribution in [-0.2, 0) is 16.0 Å². The number of aliphatic hydroxyl groups is 1. The molecule has 0 bridgehead atoms. The number of aliphatic hydroxyl groups excluding tert-OH is 1. The van der Waals surface area contributed by atoms with Gasteiger partial charge in [-0.25, -0.2) is 23.6 Å². The molecule has 0 radical (unpaired) electrons. The number of thiazole rings is 1. The van der Waals surface area contributed by atoms with Crippen molar-refractivity contribution in [1.29, 1.82) is 5.26 Å². The minimum atomic E-state index is -1.97. The van der Waals surface area contributed by atoms with Crippen LogP contribution in [0.15, 0.2) is 41.5 Å². The maximum atomic E-state index is 13.6. The van der Waals surface area contributed by atoms with Crippen molar-refractivity contribution in [2.45, 2.75) is 71.0 Å². The maximum absolute atomic E-state index is 13.6. The lowest BCUT2D eigenvalue weighted by Crippen LogP contribution is -2.64. The third-order valence-corrected chi connectivity index (χ3v) is 12.6. The molecule has 11 heteroatoms. The Hall–Kier alpha value is -3.88. The van der Waals surface area contributed by atoms with E-state index in [-0.39, 0.29) is 41.3 Å². The Kier molecular flexibility index (Phi) is 6.84. The largest absolute Gasteiger partial charge is 0.478 e. The van der Waals surface area contributed by atoms with Crippen molar-refractivity contribution in [2.24, 2.45) is 34.5 Å². The van der Waals surface area contributed by atoms with Gasteiger partial charge in [-0.1, -0.05) is 19.4 Å². The fourth-order valence-corrected chi connectivity index (χ4v) is 10.5. The smallest absolute Gasteiger partial charge is 0.351 e. The maximum Gasteiger partial charge on any atom is 0.351 e. The van der Waals surface area contributed by atoms with Gasteiger partial charge in [-0.3, -0.25) is 0 Å². The Labute approximate surface area is 264 Å². The van der Waals surface area contributed by atoms with E-state index in [0.29, 0.717) is 18.5 Å². The topological polar surface area (TPSA) is 138 Å². The number of benzene rings is 1. The normalized spacial score (nSPS) is 34.8. The van der Waals surface area contributed by atoms with Crippen LogP contribution in [0.5, 0.6) is 0 Å². The zero-order valence-electron chi connectivity index (χ0n) is 25.4. The van der Waals surface area contributed by atoms with Gasteiger partial charge in [0.25, 0.3) is 0 Å². The summed E-state index contributed by atoms with van der Waals surface area (Å²) in [6.07, 6.45) is 5.77. The Balaban J connectivity index is 1.26. The summed E-state index contributed by atoms with van der Waals surface area (Å²) in [7, 11) is 0. The van der Waals surface area contributed by atoms with Crippen LogP contribution in [0, 0.1) is 58.6 Å². The van der Waals surface area contributed by atoms with Gasteiger partial charge in [0.2, 0.25) is 5.60 Å². The predicted molar refractivity (Wildman–Crippen MR) is 163 cm³/mol. The van der Waals surface area contributed by atoms with E-state index < -0.39 is 40.4 Å². The molecule has 3 aromatic rings. The van der Waals surface area contributed by atoms with Gasteiger partial charge in [0.15, 0.2) is 0 Å². The zero-order chi connectivity index (χ0) is 31.9. The van der Waals surface area contributed by atoms with E-state index in [2.05, 4.69) is 29.2 Å². The standard InChI is InChI=1S/C34H35FN4O5S/c1-18-29(45-17-37-18)30(41)44-34(31(42)43)21(10-11-36)12-25-24-9-4-20-13-26-19(16-38-39(26)23-7-5-22(35)6-8-23)14-32(20,2)28(24)27(40)15-33(25,34)3/h5-8,13,16-17,21,24-25,27-28,40H,4,9-10,12,14-15H2,1-3H3,(H,42,43)/t21?,24-,25-,27-,28+,32-,33-,34-/m0/s1. The molecule has 7 rings (SSSR count). The highest BCUT2D eigenvalue weighted by molar-refractivity contribution is 7.11. The number of aryl methyl sites for hydroxylation is 1. The molecular formula is C34H35FN4O5S. The number of ether oxygens (including phenoxy) is 1. The van der Waals surface area contributed by atoms with Crippen LogP contribution in [0.1, 0.15) is 72.6 Å². The molecule has 1 aromatic carbocycles. The minimum absolute atomic E-state index is 0.0409. The predicted octanol–water partition coefficient (Wildman–Crippen LogP) is 5.75. The van der Waals surface area contributed by atoms with Gasteiger partial charge >= 0.3 is 11.9 Å². The lowest BCUT2D eigenvalue weighted by Gasteiger charge is -2.60. The number of rotatable bonds is 5. The van der Waals surface area contributed by atoms with Gasteiger partial charge in [0.1, 0.15) is 10.7 Å². The number of aliphatic carboxylic acids is 1. The molecule has 1 unspecified atom stereocenters. The van der Waals surface area contributed by atoms with E-state index in [9.17, 15) is 29.5 Å². The molecule has 0 aliphatic heterocycles. The zero-order valence-corrected chi connectivity index (χ0v) is 26.2. The second kappa shape index (κ2) is 10.3. The summed E-state index contributed by atoms with van der Waals surface area (Å²) < 4.78 is 21.5. The quantitative estimate of drug-likeness (QED) is 0.340. The molecule has 45 heavy (non-hydrogen) atoms. The molecule has 4 aliphatic carbocycles. The number of carboxylic acid groups (broad SMARTS) is 1. The average molecular weight is 631 g/mol. The molecule has 3 fully saturated rings. The van der Waals surface area contributed by atoms with E-state index in [0.717, 1.165) is 41.1 Å². The molecule has 2 heterocycles. The third-order valence-electron chi connectivity index (χ3n) is 11.7. The summed E-state index contributed by atoms with van der Waals surface area (Å²) in [5.74, 6) is -3.45. The van der Waals surface area contributed by atoms with E-state index in [4.69, 9.17) is 4.74 Å². The van der Waals surface area contributed by atoms with Gasteiger partial charge in [-0.15, -0.1) is 11.3 Å². The van der Waals surface area contributed by atoms with Crippen molar-refractivity contribution in [2.75, 3.05) is 0 Å². The van der Waals surface area contributed by atoms with Crippen molar-refractivity contribution in [1.82, 2.24) is 14.8 Å². The van der Waals surface area contributed by atoms with Gasteiger partial charge in [-0.2, -0.15) is 10.4 Å². The van der Waals surface area contributed by atoms with Gasteiger partial charge in [0.05, 0.1) is 41.0 Å². The first-order valence-electron chi connectivity index (χ1n) is 15.4. The van der Waals surface area contributed by atoms with Gasteiger partial charge < -0.3 is 14.9 Å². The van der Waals surface area contributed by atoms with Crippen LogP contribution in [0.25, 0.3) is 11.8 Å². The number of carbonyl (C=O) groups excluding carboxylic acids is 1. The minimum Gasteiger partial charge on any atom is -0.478 e. The number of nitriles is 1. The van der Waals surface area contributed by atoms with E-state index in [1.165, 1.54) is 23.2 Å². The van der Waals surface area contributed by atoms with Crippen LogP contribution >= 0.6 is 11.3 Å². The summed E-state index contributed by atoms with van der Waals surface area (Å²) in [6.45, 7) is 5.71. The summed E-state index contributed by atoms with van der Waals surface area (Å²) in [6, 6.07) is 8.40. The third kappa shape index (κ3) is 4.11. The highest BCUT2D eigenvalue weighted by atomic mass is 32.1. The Bertz CT molecular complexity index is 1780. The van der Waals surface area contributed by atoms with Gasteiger partial charge in [0, 0.05) is 17.8 Å². The molecule has 8 atom stereocenters. The average Bonchev–Trinajstić information content (AvgIpc) is 3.66. The fourth-order valence-electron chi connectivity index (χ4n) is 9.81. The number of hydrogen-bond acceptors (Lipinski definition) is 8. The fraction of sp³-hybridized carbons (Fsp3) is 0.500. The lowest BCUT2D eigenvalue weighted by atomic mass is 9.45. The number of esters is 1. The second-order valence-electron chi connectivity index (χ2n) is 13.7. The van der Waals surface area contributed by atoms with Crippen molar-refractivity contribution in [3.8, 4) is 11.8 Å². The number of fused-ring (bicyclic) bond motifs is 6. The Morgan fingerprint density at radius 2 is 2.02 bits per heavy atom. The highest BCUT2D eigenvalue weighted by Crippen LogP contribution is 2.70. The number of hydrogen-bond donors (Lipinski definition) is 2. The summed E-state index contributed by atoms with van der Waals surface area (Å²) in [5, 5.41) is 37.4. The highest BCUT2D eigenvalue weighted by Gasteiger charge is 2.74. The van der Waals surface area contributed by atoms with E-state index in [1.807, 2.05) is 17.8 Å². The van der Waals surface area contributed by atoms with Crippen LogP contribution in [0.3, 0.4) is 0 Å². The van der Waals surface area contributed by atoms with Crippen LogP contribution in [-0.4, -0.2) is 48.6 Å². The summed E-state index contributed by atoms with van der Waals surface area (Å²) in [5.41, 5.74) is 2.48.